The van der Waals surface area contributed by atoms with Gasteiger partial charge in [0.05, 0.1) is 23.7 Å². The molecular weight excluding hydrogens is 414 g/mol. The van der Waals surface area contributed by atoms with Crippen LogP contribution >= 0.6 is 11.6 Å². The number of nitrogens with zero attached hydrogens (tertiary/aromatic N) is 2. The number of nitrogens with one attached hydrogen (secondary N) is 1. The fraction of sp³-hybridized carbons (Fsp3) is 0.200. The zero-order chi connectivity index (χ0) is 20.9. The Hall–Kier alpha value is -2.68. The van der Waals surface area contributed by atoms with Crippen molar-refractivity contribution >= 4 is 21.6 Å². The molecule has 3 aromatic rings. The standard InChI is InChI=1S/C20H20ClN3O4S/c1-2-28-17-7-9-18(10-8-17)29(26,27)22-13-14-24-20(25)12-11-19(23-24)15-3-5-16(21)6-4-15/h3-12,22H,2,13-14H2,1H3. The first-order valence-electron chi connectivity index (χ1n) is 8.96. The summed E-state index contributed by atoms with van der Waals surface area (Å²) in [5, 5.41) is 4.91. The summed E-state index contributed by atoms with van der Waals surface area (Å²) in [6.45, 7) is 2.47. The molecule has 0 saturated heterocycles. The SMILES string of the molecule is CCOc1ccc(S(=O)(=O)NCCn2nc(-c3ccc(Cl)cc3)ccc2=O)cc1. The quantitative estimate of drug-likeness (QED) is 0.589. The molecule has 0 spiro atoms. The molecule has 0 saturated carbocycles. The van der Waals surface area contributed by atoms with Crippen LogP contribution in [0, 0.1) is 0 Å². The Morgan fingerprint density at radius 3 is 2.38 bits per heavy atom. The molecule has 0 aliphatic rings. The van der Waals surface area contributed by atoms with Gasteiger partial charge in [0.2, 0.25) is 10.0 Å². The molecule has 29 heavy (non-hydrogen) atoms. The second-order valence-corrected chi connectivity index (χ2v) is 8.29. The summed E-state index contributed by atoms with van der Waals surface area (Å²) in [6.07, 6.45) is 0. The number of rotatable bonds is 8. The lowest BCUT2D eigenvalue weighted by Gasteiger charge is -2.10. The molecule has 0 amide bonds. The summed E-state index contributed by atoms with van der Waals surface area (Å²) >= 11 is 5.89. The number of benzene rings is 2. The van der Waals surface area contributed by atoms with Crippen LogP contribution in [0.5, 0.6) is 5.75 Å². The highest BCUT2D eigenvalue weighted by Crippen LogP contribution is 2.18. The first-order valence-corrected chi connectivity index (χ1v) is 10.8. The van der Waals surface area contributed by atoms with Crippen LogP contribution in [-0.4, -0.2) is 31.3 Å². The van der Waals surface area contributed by atoms with Gasteiger partial charge in [0.1, 0.15) is 5.75 Å². The molecular formula is C20H20ClN3O4S. The largest absolute Gasteiger partial charge is 0.494 e. The predicted octanol–water partition coefficient (Wildman–Crippen LogP) is 2.94. The number of sulfonamides is 1. The van der Waals surface area contributed by atoms with Crippen LogP contribution in [0.3, 0.4) is 0 Å². The minimum atomic E-state index is -3.71. The molecule has 152 valence electrons. The van der Waals surface area contributed by atoms with Crippen molar-refractivity contribution < 1.29 is 13.2 Å². The third-order valence-corrected chi connectivity index (χ3v) is 5.80. The highest BCUT2D eigenvalue weighted by atomic mass is 35.5. The van der Waals surface area contributed by atoms with Crippen molar-refractivity contribution in [2.75, 3.05) is 13.2 Å². The Bertz CT molecular complexity index is 1130. The highest BCUT2D eigenvalue weighted by molar-refractivity contribution is 7.89. The normalized spacial score (nSPS) is 11.4. The van der Waals surface area contributed by atoms with Crippen molar-refractivity contribution in [1.82, 2.24) is 14.5 Å². The van der Waals surface area contributed by atoms with E-state index in [1.54, 1.807) is 42.5 Å². The van der Waals surface area contributed by atoms with Gasteiger partial charge in [0.25, 0.3) is 5.56 Å². The van der Waals surface area contributed by atoms with Gasteiger partial charge in [-0.3, -0.25) is 4.79 Å². The van der Waals surface area contributed by atoms with Crippen LogP contribution in [-0.2, 0) is 16.6 Å². The number of hydrogen-bond donors (Lipinski definition) is 1. The van der Waals surface area contributed by atoms with Crippen molar-refractivity contribution in [3.05, 3.63) is 76.0 Å². The molecule has 3 rings (SSSR count). The molecule has 1 heterocycles. The van der Waals surface area contributed by atoms with Gasteiger partial charge in [-0.2, -0.15) is 5.10 Å². The first kappa shape index (κ1) is 21.0. The van der Waals surface area contributed by atoms with Gasteiger partial charge in [-0.15, -0.1) is 0 Å². The highest BCUT2D eigenvalue weighted by Gasteiger charge is 2.14. The zero-order valence-corrected chi connectivity index (χ0v) is 17.3. The third-order valence-electron chi connectivity index (χ3n) is 4.07. The van der Waals surface area contributed by atoms with Gasteiger partial charge < -0.3 is 4.74 Å². The summed E-state index contributed by atoms with van der Waals surface area (Å²) in [5.74, 6) is 0.598. The van der Waals surface area contributed by atoms with Gasteiger partial charge in [-0.05, 0) is 49.4 Å². The Morgan fingerprint density at radius 1 is 1.03 bits per heavy atom. The van der Waals surface area contributed by atoms with E-state index in [1.807, 2.05) is 6.92 Å². The van der Waals surface area contributed by atoms with E-state index in [0.29, 0.717) is 23.1 Å². The molecule has 9 heteroatoms. The maximum atomic E-state index is 12.4. The monoisotopic (exact) mass is 433 g/mol. The topological polar surface area (TPSA) is 90.3 Å². The predicted molar refractivity (Wildman–Crippen MR) is 112 cm³/mol. The summed E-state index contributed by atoms with van der Waals surface area (Å²) in [4.78, 5) is 12.2. The van der Waals surface area contributed by atoms with Crippen LogP contribution < -0.4 is 15.0 Å². The Morgan fingerprint density at radius 2 is 1.72 bits per heavy atom. The van der Waals surface area contributed by atoms with Crippen LogP contribution in [0.4, 0.5) is 0 Å². The summed E-state index contributed by atoms with van der Waals surface area (Å²) in [7, 11) is -3.71. The van der Waals surface area contributed by atoms with Crippen LogP contribution in [0.25, 0.3) is 11.3 Å². The summed E-state index contributed by atoms with van der Waals surface area (Å²) < 4.78 is 33.9. The Balaban J connectivity index is 1.68. The molecule has 0 aliphatic carbocycles. The number of hydrogen-bond acceptors (Lipinski definition) is 5. The van der Waals surface area contributed by atoms with Gasteiger partial charge in [-0.1, -0.05) is 23.7 Å². The number of halogens is 1. The molecule has 0 unspecified atom stereocenters. The van der Waals surface area contributed by atoms with E-state index in [2.05, 4.69) is 9.82 Å². The van der Waals surface area contributed by atoms with Crippen LogP contribution in [0.2, 0.25) is 5.02 Å². The van der Waals surface area contributed by atoms with E-state index in [0.717, 1.165) is 5.56 Å². The molecule has 0 radical (unpaired) electrons. The van der Waals surface area contributed by atoms with E-state index in [4.69, 9.17) is 16.3 Å². The third kappa shape index (κ3) is 5.44. The lowest BCUT2D eigenvalue weighted by Crippen LogP contribution is -2.32. The second-order valence-electron chi connectivity index (χ2n) is 6.09. The summed E-state index contributed by atoms with van der Waals surface area (Å²) in [5.41, 5.74) is 1.08. The molecule has 1 aromatic heterocycles. The van der Waals surface area contributed by atoms with Crippen LogP contribution in [0.15, 0.2) is 70.4 Å². The zero-order valence-electron chi connectivity index (χ0n) is 15.7. The maximum Gasteiger partial charge on any atom is 0.266 e. The minimum Gasteiger partial charge on any atom is -0.494 e. The molecule has 7 nitrogen and oxygen atoms in total. The van der Waals surface area contributed by atoms with Gasteiger partial charge in [0, 0.05) is 23.2 Å². The smallest absolute Gasteiger partial charge is 0.266 e. The first-order chi connectivity index (χ1) is 13.9. The van der Waals surface area contributed by atoms with Crippen molar-refractivity contribution in [2.45, 2.75) is 18.4 Å². The van der Waals surface area contributed by atoms with E-state index in [1.165, 1.54) is 22.9 Å². The molecule has 2 aromatic carbocycles. The molecule has 0 aliphatic heterocycles. The second kappa shape index (κ2) is 9.21. The Labute approximate surface area is 174 Å². The van der Waals surface area contributed by atoms with Crippen molar-refractivity contribution in [1.29, 1.82) is 0 Å². The van der Waals surface area contributed by atoms with Gasteiger partial charge in [-0.25, -0.2) is 17.8 Å². The lowest BCUT2D eigenvalue weighted by atomic mass is 10.1. The fourth-order valence-corrected chi connectivity index (χ4v) is 3.78. The minimum absolute atomic E-state index is 0.0204. The lowest BCUT2D eigenvalue weighted by molar-refractivity contribution is 0.340. The fourth-order valence-electron chi connectivity index (χ4n) is 2.63. The number of aromatic nitrogens is 2. The van der Waals surface area contributed by atoms with Crippen molar-refractivity contribution in [3.63, 3.8) is 0 Å². The average Bonchev–Trinajstić information content (AvgIpc) is 2.71. The van der Waals surface area contributed by atoms with Crippen molar-refractivity contribution in [3.8, 4) is 17.0 Å². The van der Waals surface area contributed by atoms with E-state index < -0.39 is 10.0 Å². The molecule has 0 atom stereocenters. The molecule has 1 N–H and O–H groups in total. The van der Waals surface area contributed by atoms with E-state index in [9.17, 15) is 13.2 Å². The average molecular weight is 434 g/mol. The number of ether oxygens (including phenoxy) is 1. The van der Waals surface area contributed by atoms with Gasteiger partial charge in [0.15, 0.2) is 0 Å². The summed E-state index contributed by atoms with van der Waals surface area (Å²) in [6, 6.07) is 16.2. The van der Waals surface area contributed by atoms with E-state index >= 15 is 0 Å². The molecule has 0 bridgehead atoms. The maximum absolute atomic E-state index is 12.4. The van der Waals surface area contributed by atoms with Crippen LogP contribution in [0.1, 0.15) is 6.92 Å². The molecule has 0 fully saturated rings. The van der Waals surface area contributed by atoms with Crippen molar-refractivity contribution in [2.24, 2.45) is 0 Å². The van der Waals surface area contributed by atoms with Gasteiger partial charge >= 0.3 is 0 Å². The Kier molecular flexibility index (Phi) is 6.68. The van der Waals surface area contributed by atoms with E-state index in [-0.39, 0.29) is 23.5 Å².